The normalized spacial score (nSPS) is 15.4. The second-order valence-electron chi connectivity index (χ2n) is 7.21. The van der Waals surface area contributed by atoms with Crippen molar-refractivity contribution >= 4 is 53.5 Å². The van der Waals surface area contributed by atoms with E-state index in [-0.39, 0.29) is 17.4 Å². The zero-order chi connectivity index (χ0) is 21.7. The Hall–Kier alpha value is -1.42. The van der Waals surface area contributed by atoms with Crippen LogP contribution in [0.15, 0.2) is 50.2 Å². The molecule has 0 spiro atoms. The Labute approximate surface area is 194 Å². The highest BCUT2D eigenvalue weighted by Gasteiger charge is 2.25. The molecule has 0 saturated carbocycles. The van der Waals surface area contributed by atoms with Crippen LogP contribution in [0.25, 0.3) is 0 Å². The maximum Gasteiger partial charge on any atom is 0.262 e. The van der Waals surface area contributed by atoms with Gasteiger partial charge in [0.1, 0.15) is 5.75 Å². The molecule has 0 bridgehead atoms. The van der Waals surface area contributed by atoms with Gasteiger partial charge < -0.3 is 10.1 Å². The SMILES string of the molecule is Cc1cc(Br)cc(Br)c1OCC(=O)Nc1ccc(S(=O)(=O)N2CCCCCC2)cc1. The van der Waals surface area contributed by atoms with Crippen molar-refractivity contribution in [1.29, 1.82) is 0 Å². The van der Waals surface area contributed by atoms with Crippen LogP contribution in [0.3, 0.4) is 0 Å². The lowest BCUT2D eigenvalue weighted by atomic mass is 10.2. The fraction of sp³-hybridized carbons (Fsp3) is 0.381. The van der Waals surface area contributed by atoms with E-state index < -0.39 is 10.0 Å². The molecule has 1 fully saturated rings. The first-order chi connectivity index (χ1) is 14.3. The van der Waals surface area contributed by atoms with E-state index in [2.05, 4.69) is 37.2 Å². The first-order valence-electron chi connectivity index (χ1n) is 9.76. The zero-order valence-electron chi connectivity index (χ0n) is 16.7. The summed E-state index contributed by atoms with van der Waals surface area (Å²) in [6.07, 6.45) is 3.91. The Morgan fingerprint density at radius 1 is 1.07 bits per heavy atom. The molecule has 1 amide bonds. The number of hydrogen-bond acceptors (Lipinski definition) is 4. The Morgan fingerprint density at radius 2 is 1.70 bits per heavy atom. The molecule has 2 aromatic rings. The minimum absolute atomic E-state index is 0.158. The number of aryl methyl sites for hydroxylation is 1. The molecule has 9 heteroatoms. The van der Waals surface area contributed by atoms with Crippen LogP contribution in [0, 0.1) is 6.92 Å². The fourth-order valence-corrected chi connectivity index (χ4v) is 6.42. The molecule has 1 aliphatic heterocycles. The van der Waals surface area contributed by atoms with Gasteiger partial charge in [0.25, 0.3) is 5.91 Å². The molecule has 3 rings (SSSR count). The predicted molar refractivity (Wildman–Crippen MR) is 124 cm³/mol. The van der Waals surface area contributed by atoms with Gasteiger partial charge in [-0.25, -0.2) is 8.42 Å². The second kappa shape index (κ2) is 10.3. The fourth-order valence-electron chi connectivity index (χ4n) is 3.35. The molecule has 2 aromatic carbocycles. The maximum absolute atomic E-state index is 12.8. The van der Waals surface area contributed by atoms with Crippen LogP contribution in [0.5, 0.6) is 5.75 Å². The van der Waals surface area contributed by atoms with Crippen molar-refractivity contribution in [2.45, 2.75) is 37.5 Å². The number of nitrogens with one attached hydrogen (secondary N) is 1. The quantitative estimate of drug-likeness (QED) is 0.534. The van der Waals surface area contributed by atoms with Crippen molar-refractivity contribution < 1.29 is 17.9 Å². The third-order valence-corrected chi connectivity index (χ3v) is 7.84. The minimum atomic E-state index is -3.50. The van der Waals surface area contributed by atoms with Crippen LogP contribution < -0.4 is 10.1 Å². The van der Waals surface area contributed by atoms with Gasteiger partial charge in [-0.1, -0.05) is 28.8 Å². The van der Waals surface area contributed by atoms with Gasteiger partial charge in [-0.3, -0.25) is 4.79 Å². The third-order valence-electron chi connectivity index (χ3n) is 4.88. The van der Waals surface area contributed by atoms with Crippen LogP contribution in [0.4, 0.5) is 5.69 Å². The summed E-state index contributed by atoms with van der Waals surface area (Å²) in [7, 11) is -3.50. The molecule has 0 aromatic heterocycles. The molecular weight excluding hydrogens is 536 g/mol. The topological polar surface area (TPSA) is 75.7 Å². The summed E-state index contributed by atoms with van der Waals surface area (Å²) in [5.74, 6) is 0.277. The van der Waals surface area contributed by atoms with E-state index in [1.165, 1.54) is 12.1 Å². The van der Waals surface area contributed by atoms with E-state index in [0.717, 1.165) is 40.2 Å². The largest absolute Gasteiger partial charge is 0.482 e. The molecule has 1 heterocycles. The summed E-state index contributed by atoms with van der Waals surface area (Å²) < 4.78 is 34.5. The maximum atomic E-state index is 12.8. The number of amides is 1. The standard InChI is InChI=1S/C21H24Br2N2O4S/c1-15-12-16(22)13-19(23)21(15)29-14-20(26)24-17-6-8-18(9-7-17)30(27,28)25-10-4-2-3-5-11-25/h6-9,12-13H,2-5,10-11,14H2,1H3,(H,24,26). The van der Waals surface area contributed by atoms with Gasteiger partial charge in [-0.15, -0.1) is 0 Å². The van der Waals surface area contributed by atoms with Gasteiger partial charge in [-0.2, -0.15) is 4.31 Å². The smallest absolute Gasteiger partial charge is 0.262 e. The van der Waals surface area contributed by atoms with E-state index in [9.17, 15) is 13.2 Å². The van der Waals surface area contributed by atoms with Crippen LogP contribution in [0.2, 0.25) is 0 Å². The van der Waals surface area contributed by atoms with Gasteiger partial charge in [-0.05, 0) is 77.7 Å². The van der Waals surface area contributed by atoms with E-state index in [4.69, 9.17) is 4.74 Å². The Morgan fingerprint density at radius 3 is 2.30 bits per heavy atom. The van der Waals surface area contributed by atoms with Crippen LogP contribution in [-0.2, 0) is 14.8 Å². The van der Waals surface area contributed by atoms with E-state index in [1.807, 2.05) is 19.1 Å². The average Bonchev–Trinajstić information content (AvgIpc) is 2.97. The number of carbonyl (C=O) groups excluding carboxylic acids is 1. The van der Waals surface area contributed by atoms with Crippen LogP contribution in [-0.4, -0.2) is 38.3 Å². The van der Waals surface area contributed by atoms with E-state index in [0.29, 0.717) is 24.5 Å². The number of carbonyl (C=O) groups is 1. The predicted octanol–water partition coefficient (Wildman–Crippen LogP) is 5.10. The number of nitrogens with zero attached hydrogens (tertiary/aromatic N) is 1. The van der Waals surface area contributed by atoms with Crippen molar-refractivity contribution in [2.24, 2.45) is 0 Å². The van der Waals surface area contributed by atoms with Crippen LogP contribution in [0.1, 0.15) is 31.2 Å². The lowest BCUT2D eigenvalue weighted by molar-refractivity contribution is -0.118. The zero-order valence-corrected chi connectivity index (χ0v) is 20.6. The molecule has 162 valence electrons. The highest BCUT2D eigenvalue weighted by molar-refractivity contribution is 9.11. The molecule has 1 aliphatic rings. The third kappa shape index (κ3) is 5.84. The van der Waals surface area contributed by atoms with Crippen molar-refractivity contribution in [3.8, 4) is 5.75 Å². The number of halogens is 2. The van der Waals surface area contributed by atoms with E-state index in [1.54, 1.807) is 16.4 Å². The summed E-state index contributed by atoms with van der Waals surface area (Å²) in [4.78, 5) is 12.5. The number of hydrogen-bond donors (Lipinski definition) is 1. The highest BCUT2D eigenvalue weighted by Crippen LogP contribution is 2.32. The number of rotatable bonds is 6. The molecule has 1 saturated heterocycles. The number of benzene rings is 2. The highest BCUT2D eigenvalue weighted by atomic mass is 79.9. The number of anilines is 1. The Bertz CT molecular complexity index is 979. The molecule has 1 N–H and O–H groups in total. The molecule has 30 heavy (non-hydrogen) atoms. The molecule has 0 atom stereocenters. The van der Waals surface area contributed by atoms with Gasteiger partial charge in [0.15, 0.2) is 6.61 Å². The summed E-state index contributed by atoms with van der Waals surface area (Å²) >= 11 is 6.84. The Balaban J connectivity index is 1.61. The van der Waals surface area contributed by atoms with Crippen molar-refractivity contribution in [2.75, 3.05) is 25.0 Å². The van der Waals surface area contributed by atoms with Gasteiger partial charge in [0.2, 0.25) is 10.0 Å². The summed E-state index contributed by atoms with van der Waals surface area (Å²) in [5.41, 5.74) is 1.41. The van der Waals surface area contributed by atoms with Gasteiger partial charge in [0.05, 0.1) is 9.37 Å². The van der Waals surface area contributed by atoms with Crippen molar-refractivity contribution in [3.63, 3.8) is 0 Å². The first kappa shape index (κ1) is 23.2. The lowest BCUT2D eigenvalue weighted by Crippen LogP contribution is -2.31. The summed E-state index contributed by atoms with van der Waals surface area (Å²) in [5, 5.41) is 2.73. The molecular formula is C21H24Br2N2O4S. The molecule has 0 radical (unpaired) electrons. The summed E-state index contributed by atoms with van der Waals surface area (Å²) in [6, 6.07) is 10.0. The van der Waals surface area contributed by atoms with Crippen LogP contribution >= 0.6 is 31.9 Å². The van der Waals surface area contributed by atoms with Crippen molar-refractivity contribution in [1.82, 2.24) is 4.31 Å². The molecule has 6 nitrogen and oxygen atoms in total. The Kier molecular flexibility index (Phi) is 7.95. The molecule has 0 unspecified atom stereocenters. The minimum Gasteiger partial charge on any atom is -0.482 e. The molecule has 0 aliphatic carbocycles. The van der Waals surface area contributed by atoms with Gasteiger partial charge in [0, 0.05) is 23.2 Å². The second-order valence-corrected chi connectivity index (χ2v) is 10.9. The van der Waals surface area contributed by atoms with Gasteiger partial charge >= 0.3 is 0 Å². The monoisotopic (exact) mass is 558 g/mol. The summed E-state index contributed by atoms with van der Waals surface area (Å²) in [6.45, 7) is 2.85. The van der Waals surface area contributed by atoms with E-state index >= 15 is 0 Å². The lowest BCUT2D eigenvalue weighted by Gasteiger charge is -2.20. The number of sulfonamides is 1. The average molecular weight is 560 g/mol. The first-order valence-corrected chi connectivity index (χ1v) is 12.8. The van der Waals surface area contributed by atoms with Crippen molar-refractivity contribution in [3.05, 3.63) is 50.9 Å². The number of ether oxygens (including phenoxy) is 1.